The van der Waals surface area contributed by atoms with Crippen LogP contribution in [0.2, 0.25) is 10.0 Å². The fraction of sp³-hybridized carbons (Fsp3) is 0.0588. The third-order valence-corrected chi connectivity index (χ3v) is 3.59. The van der Waals surface area contributed by atoms with Gasteiger partial charge in [-0.1, -0.05) is 47.5 Å². The molecule has 0 aromatic heterocycles. The average molecular weight is 331 g/mol. The number of hydrogen-bond acceptors (Lipinski definition) is 2. The molecule has 0 saturated carbocycles. The van der Waals surface area contributed by atoms with E-state index >= 15 is 0 Å². The highest BCUT2D eigenvalue weighted by Crippen LogP contribution is 2.26. The van der Waals surface area contributed by atoms with Crippen LogP contribution < -0.4 is 5.32 Å². The lowest BCUT2D eigenvalue weighted by atomic mass is 10.1. The molecule has 0 radical (unpaired) electrons. The van der Waals surface area contributed by atoms with Crippen molar-refractivity contribution in [1.29, 1.82) is 5.26 Å². The first kappa shape index (κ1) is 16.1. The summed E-state index contributed by atoms with van der Waals surface area (Å²) in [6.07, 6.45) is 1.54. The average Bonchev–Trinajstić information content (AvgIpc) is 2.50. The Morgan fingerprint density at radius 3 is 2.64 bits per heavy atom. The van der Waals surface area contributed by atoms with E-state index < -0.39 is 5.91 Å². The van der Waals surface area contributed by atoms with Crippen molar-refractivity contribution >= 4 is 40.9 Å². The van der Waals surface area contributed by atoms with Gasteiger partial charge in [0.05, 0.1) is 10.7 Å². The molecule has 0 aliphatic rings. The van der Waals surface area contributed by atoms with Crippen molar-refractivity contribution < 1.29 is 4.79 Å². The zero-order valence-electron chi connectivity index (χ0n) is 11.7. The Bertz CT molecular complexity index is 791. The number of hydrogen-bond donors (Lipinski definition) is 1. The van der Waals surface area contributed by atoms with Crippen molar-refractivity contribution in [2.24, 2.45) is 0 Å². The summed E-state index contributed by atoms with van der Waals surface area (Å²) in [7, 11) is 0. The number of carbonyl (C=O) groups excluding carboxylic acids is 1. The molecule has 110 valence electrons. The highest BCUT2D eigenvalue weighted by Gasteiger charge is 2.12. The van der Waals surface area contributed by atoms with E-state index in [9.17, 15) is 10.1 Å². The van der Waals surface area contributed by atoms with Crippen molar-refractivity contribution in [3.05, 3.63) is 69.2 Å². The van der Waals surface area contributed by atoms with Crippen LogP contribution in [0.25, 0.3) is 6.08 Å². The van der Waals surface area contributed by atoms with Crippen molar-refractivity contribution in [2.45, 2.75) is 6.92 Å². The third kappa shape index (κ3) is 3.88. The number of amides is 1. The van der Waals surface area contributed by atoms with Gasteiger partial charge in [0, 0.05) is 5.02 Å². The minimum absolute atomic E-state index is 0.00894. The quantitative estimate of drug-likeness (QED) is 0.646. The first-order valence-corrected chi connectivity index (χ1v) is 7.20. The van der Waals surface area contributed by atoms with Crippen molar-refractivity contribution in [1.82, 2.24) is 0 Å². The lowest BCUT2D eigenvalue weighted by molar-refractivity contribution is -0.112. The number of nitrogens with zero attached hydrogens (tertiary/aromatic N) is 1. The standard InChI is InChI=1S/C17H12Cl2N2O/c1-11-4-2-3-5-12(11)8-13(10-20)17(22)21-16-9-14(18)6-7-15(16)19/h2-9H,1H3,(H,21,22)/b13-8-. The molecule has 0 atom stereocenters. The Morgan fingerprint density at radius 1 is 1.23 bits per heavy atom. The first-order chi connectivity index (χ1) is 10.5. The van der Waals surface area contributed by atoms with Crippen molar-refractivity contribution in [3.63, 3.8) is 0 Å². The van der Waals surface area contributed by atoms with Crippen LogP contribution >= 0.6 is 23.2 Å². The fourth-order valence-electron chi connectivity index (χ4n) is 1.84. The Balaban J connectivity index is 2.29. The second-order valence-electron chi connectivity index (χ2n) is 4.60. The van der Waals surface area contributed by atoms with E-state index in [0.29, 0.717) is 15.7 Å². The van der Waals surface area contributed by atoms with E-state index in [1.54, 1.807) is 18.2 Å². The van der Waals surface area contributed by atoms with Gasteiger partial charge in [-0.15, -0.1) is 0 Å². The molecular weight excluding hydrogens is 319 g/mol. The minimum Gasteiger partial charge on any atom is -0.320 e. The molecule has 0 saturated heterocycles. The monoisotopic (exact) mass is 330 g/mol. The highest BCUT2D eigenvalue weighted by atomic mass is 35.5. The van der Waals surface area contributed by atoms with Gasteiger partial charge in [0.25, 0.3) is 5.91 Å². The Hall–Kier alpha value is -2.28. The molecule has 22 heavy (non-hydrogen) atoms. The topological polar surface area (TPSA) is 52.9 Å². The molecule has 2 rings (SSSR count). The number of anilines is 1. The predicted molar refractivity (Wildman–Crippen MR) is 89.9 cm³/mol. The van der Waals surface area contributed by atoms with Gasteiger partial charge in [-0.05, 0) is 42.3 Å². The molecule has 3 nitrogen and oxygen atoms in total. The first-order valence-electron chi connectivity index (χ1n) is 6.45. The van der Waals surface area contributed by atoms with Crippen LogP contribution in [0, 0.1) is 18.3 Å². The molecule has 0 fully saturated rings. The minimum atomic E-state index is -0.532. The maximum Gasteiger partial charge on any atom is 0.266 e. The van der Waals surface area contributed by atoms with Gasteiger partial charge in [-0.2, -0.15) is 5.26 Å². The number of nitrogens with one attached hydrogen (secondary N) is 1. The van der Waals surface area contributed by atoms with E-state index in [4.69, 9.17) is 23.2 Å². The molecule has 1 amide bonds. The lowest BCUT2D eigenvalue weighted by Gasteiger charge is -2.07. The summed E-state index contributed by atoms with van der Waals surface area (Å²) >= 11 is 11.9. The largest absolute Gasteiger partial charge is 0.320 e. The number of carbonyl (C=O) groups is 1. The lowest BCUT2D eigenvalue weighted by Crippen LogP contribution is -2.13. The van der Waals surface area contributed by atoms with Gasteiger partial charge in [-0.3, -0.25) is 4.79 Å². The summed E-state index contributed by atoms with van der Waals surface area (Å²) in [6, 6.07) is 14.1. The summed E-state index contributed by atoms with van der Waals surface area (Å²) in [6.45, 7) is 1.91. The van der Waals surface area contributed by atoms with Crippen LogP contribution in [0.1, 0.15) is 11.1 Å². The summed E-state index contributed by atoms with van der Waals surface area (Å²) in [5.41, 5.74) is 2.14. The highest BCUT2D eigenvalue weighted by molar-refractivity contribution is 6.36. The zero-order valence-corrected chi connectivity index (χ0v) is 13.2. The summed E-state index contributed by atoms with van der Waals surface area (Å²) in [4.78, 5) is 12.2. The molecule has 0 aliphatic carbocycles. The van der Waals surface area contributed by atoms with Crippen LogP contribution in [-0.2, 0) is 4.79 Å². The normalized spacial score (nSPS) is 10.9. The second-order valence-corrected chi connectivity index (χ2v) is 5.45. The van der Waals surface area contributed by atoms with Gasteiger partial charge < -0.3 is 5.32 Å². The molecular formula is C17H12Cl2N2O. The predicted octanol–water partition coefficient (Wildman–Crippen LogP) is 4.85. The molecule has 0 unspecified atom stereocenters. The van der Waals surface area contributed by atoms with Crippen LogP contribution in [0.15, 0.2) is 48.0 Å². The number of benzene rings is 2. The Morgan fingerprint density at radius 2 is 1.95 bits per heavy atom. The van der Waals surface area contributed by atoms with Crippen molar-refractivity contribution in [3.8, 4) is 6.07 Å². The second kappa shape index (κ2) is 7.13. The van der Waals surface area contributed by atoms with Gasteiger partial charge in [0.2, 0.25) is 0 Å². The number of halogens is 2. The molecule has 0 heterocycles. The molecule has 5 heteroatoms. The number of rotatable bonds is 3. The maximum absolute atomic E-state index is 12.2. The Labute approximate surface area is 138 Å². The molecule has 0 bridgehead atoms. The zero-order chi connectivity index (χ0) is 16.1. The van der Waals surface area contributed by atoms with Crippen LogP contribution in [0.5, 0.6) is 0 Å². The SMILES string of the molecule is Cc1ccccc1/C=C(/C#N)C(=O)Nc1cc(Cl)ccc1Cl. The smallest absolute Gasteiger partial charge is 0.266 e. The number of aryl methyl sites for hydroxylation is 1. The number of nitriles is 1. The van der Waals surface area contributed by atoms with Gasteiger partial charge in [0.15, 0.2) is 0 Å². The van der Waals surface area contributed by atoms with Gasteiger partial charge in [-0.25, -0.2) is 0 Å². The summed E-state index contributed by atoms with van der Waals surface area (Å²) in [5, 5.41) is 12.6. The van der Waals surface area contributed by atoms with Gasteiger partial charge in [0.1, 0.15) is 11.6 Å². The molecule has 1 N–H and O–H groups in total. The fourth-order valence-corrected chi connectivity index (χ4v) is 2.17. The molecule has 0 aliphatic heterocycles. The third-order valence-electron chi connectivity index (χ3n) is 3.03. The van der Waals surface area contributed by atoms with E-state index in [1.807, 2.05) is 37.3 Å². The van der Waals surface area contributed by atoms with E-state index in [2.05, 4.69) is 5.32 Å². The molecule has 2 aromatic rings. The van der Waals surface area contributed by atoms with E-state index in [0.717, 1.165) is 11.1 Å². The molecule has 0 spiro atoms. The van der Waals surface area contributed by atoms with Crippen molar-refractivity contribution in [2.75, 3.05) is 5.32 Å². The van der Waals surface area contributed by atoms with Crippen LogP contribution in [0.3, 0.4) is 0 Å². The van der Waals surface area contributed by atoms with Crippen LogP contribution in [-0.4, -0.2) is 5.91 Å². The van der Waals surface area contributed by atoms with E-state index in [-0.39, 0.29) is 5.57 Å². The van der Waals surface area contributed by atoms with E-state index in [1.165, 1.54) is 6.07 Å². The van der Waals surface area contributed by atoms with Crippen LogP contribution in [0.4, 0.5) is 5.69 Å². The van der Waals surface area contributed by atoms with Gasteiger partial charge >= 0.3 is 0 Å². The summed E-state index contributed by atoms with van der Waals surface area (Å²) < 4.78 is 0. The molecule has 2 aromatic carbocycles. The Kier molecular flexibility index (Phi) is 5.21. The summed E-state index contributed by atoms with van der Waals surface area (Å²) in [5.74, 6) is -0.532. The maximum atomic E-state index is 12.2.